The molecule has 0 unspecified atom stereocenters. The zero-order valence-electron chi connectivity index (χ0n) is 30.8. The summed E-state index contributed by atoms with van der Waals surface area (Å²) < 4.78 is 55.5. The number of fused-ring (bicyclic) bond motifs is 1. The lowest BCUT2D eigenvalue weighted by atomic mass is 9.91. The van der Waals surface area contributed by atoms with Crippen molar-refractivity contribution in [3.63, 3.8) is 0 Å². The smallest absolute Gasteiger partial charge is 0.361 e. The fourth-order valence-corrected chi connectivity index (χ4v) is 8.70. The molecule has 2 aliphatic rings. The number of methoxy groups -OCH3 is 1. The van der Waals surface area contributed by atoms with Crippen LogP contribution in [0.25, 0.3) is 0 Å². The standard InChI is InChI=1S/C29H32N2O12S2.C6H15N/c1-15-12-20(42-16(2)32)21(43-17(3)33)13-19(15)23(45(37,38)39)24(34)30-22-25(35)31-26(22)44-28(4,5)29(31,40-6)27(36)41-14-18-10-8-7-9-11-18;1-4-7(5-2)6-3/h7-13,22-23,26H,14H2,1-6H3,(H,30,34)(H,37,38,39);4-6H2,1-3H3/t22-,23-,26+,29+;/m0./s1. The Morgan fingerprint density at radius 1 is 0.981 bits per heavy atom. The third-order valence-corrected chi connectivity index (χ3v) is 11.4. The molecule has 4 rings (SSSR count). The third-order valence-electron chi connectivity index (χ3n) is 8.70. The number of amides is 2. The van der Waals surface area contributed by atoms with Crippen molar-refractivity contribution in [1.29, 1.82) is 0 Å². The van der Waals surface area contributed by atoms with E-state index in [4.69, 9.17) is 18.9 Å². The summed E-state index contributed by atoms with van der Waals surface area (Å²) in [5.41, 5.74) is -1.39. The number of esters is 3. The van der Waals surface area contributed by atoms with Gasteiger partial charge in [0.25, 0.3) is 21.8 Å². The van der Waals surface area contributed by atoms with Gasteiger partial charge < -0.3 is 29.2 Å². The van der Waals surface area contributed by atoms with E-state index in [0.29, 0.717) is 5.56 Å². The molecule has 2 fully saturated rings. The van der Waals surface area contributed by atoms with Crippen molar-refractivity contribution in [1.82, 2.24) is 15.1 Å². The lowest BCUT2D eigenvalue weighted by molar-refractivity contribution is -0.216. The highest BCUT2D eigenvalue weighted by Gasteiger charge is 2.74. The molecule has 2 aromatic rings. The Balaban J connectivity index is 0.000000944. The molecule has 0 aliphatic carbocycles. The maximum Gasteiger partial charge on any atom is 0.361 e. The Hall–Kier alpha value is -4.03. The average Bonchev–Trinajstić information content (AvgIpc) is 3.29. The van der Waals surface area contributed by atoms with Gasteiger partial charge in [0.2, 0.25) is 5.91 Å². The van der Waals surface area contributed by atoms with Crippen molar-refractivity contribution in [2.24, 2.45) is 0 Å². The maximum atomic E-state index is 13.5. The zero-order valence-corrected chi connectivity index (χ0v) is 32.4. The second kappa shape index (κ2) is 17.2. The number of rotatable bonds is 13. The van der Waals surface area contributed by atoms with E-state index >= 15 is 0 Å². The maximum absolute atomic E-state index is 13.5. The molecule has 52 heavy (non-hydrogen) atoms. The van der Waals surface area contributed by atoms with Gasteiger partial charge in [0.05, 0.1) is 4.75 Å². The molecule has 2 saturated heterocycles. The van der Waals surface area contributed by atoms with Crippen LogP contribution in [0.3, 0.4) is 0 Å². The quantitative estimate of drug-likeness (QED) is 0.130. The second-order valence-electron chi connectivity index (χ2n) is 12.5. The van der Waals surface area contributed by atoms with Crippen molar-refractivity contribution in [3.05, 3.63) is 59.2 Å². The molecule has 2 heterocycles. The van der Waals surface area contributed by atoms with Crippen LogP contribution in [-0.2, 0) is 50.2 Å². The first-order chi connectivity index (χ1) is 24.3. The normalized spacial score (nSPS) is 20.8. The summed E-state index contributed by atoms with van der Waals surface area (Å²) in [7, 11) is -3.92. The molecule has 0 saturated carbocycles. The number of ether oxygens (including phenoxy) is 4. The molecule has 286 valence electrons. The molecule has 4 atom stereocenters. The minimum absolute atomic E-state index is 0.0809. The van der Waals surface area contributed by atoms with Gasteiger partial charge in [-0.05, 0) is 69.2 Å². The van der Waals surface area contributed by atoms with E-state index in [9.17, 15) is 36.9 Å². The van der Waals surface area contributed by atoms with Crippen molar-refractivity contribution >= 4 is 51.6 Å². The molecule has 0 spiro atoms. The first-order valence-electron chi connectivity index (χ1n) is 16.6. The van der Waals surface area contributed by atoms with E-state index in [2.05, 4.69) is 31.0 Å². The summed E-state index contributed by atoms with van der Waals surface area (Å²) in [4.78, 5) is 67.3. The Kier molecular flexibility index (Phi) is 14.0. The van der Waals surface area contributed by atoms with Crippen molar-refractivity contribution in [3.8, 4) is 11.5 Å². The van der Waals surface area contributed by atoms with Crippen LogP contribution < -0.4 is 14.8 Å². The monoisotopic (exact) mass is 765 g/mol. The Morgan fingerprint density at radius 2 is 1.52 bits per heavy atom. The first-order valence-corrected chi connectivity index (χ1v) is 18.9. The van der Waals surface area contributed by atoms with Crippen LogP contribution in [0.5, 0.6) is 11.5 Å². The van der Waals surface area contributed by atoms with Gasteiger partial charge in [-0.15, -0.1) is 11.8 Å². The number of carbonyl (C=O) groups is 5. The summed E-state index contributed by atoms with van der Waals surface area (Å²) in [6.07, 6.45) is 0. The molecular formula is C35H47N3O12S2. The predicted octanol–water partition coefficient (Wildman–Crippen LogP) is 3.39. The molecule has 15 nitrogen and oxygen atoms in total. The molecule has 0 bridgehead atoms. The molecule has 17 heteroatoms. The topological polar surface area (TPSA) is 195 Å². The van der Waals surface area contributed by atoms with E-state index in [1.807, 2.05) is 0 Å². The summed E-state index contributed by atoms with van der Waals surface area (Å²) in [5.74, 6) is -5.05. The van der Waals surface area contributed by atoms with Gasteiger partial charge in [0, 0.05) is 21.0 Å². The van der Waals surface area contributed by atoms with Crippen LogP contribution in [0.2, 0.25) is 0 Å². The van der Waals surface area contributed by atoms with Crippen LogP contribution in [0.1, 0.15) is 70.4 Å². The zero-order chi connectivity index (χ0) is 39.2. The Bertz CT molecular complexity index is 1760. The molecule has 2 aliphatic heterocycles. The lowest BCUT2D eigenvalue weighted by Crippen LogP contribution is -2.76. The lowest BCUT2D eigenvalue weighted by Gasteiger charge is -2.49. The highest BCUT2D eigenvalue weighted by Crippen LogP contribution is 2.57. The van der Waals surface area contributed by atoms with Gasteiger partial charge in [0.1, 0.15) is 18.0 Å². The van der Waals surface area contributed by atoms with Crippen molar-refractivity contribution < 1.29 is 55.9 Å². The molecule has 0 radical (unpaired) electrons. The molecule has 0 aromatic heterocycles. The largest absolute Gasteiger partial charge is 0.457 e. The minimum atomic E-state index is -5.18. The number of β-lactam (4-membered cyclic amide) rings is 1. The summed E-state index contributed by atoms with van der Waals surface area (Å²) in [6, 6.07) is 9.72. The van der Waals surface area contributed by atoms with Gasteiger partial charge in [0.15, 0.2) is 16.7 Å². The van der Waals surface area contributed by atoms with Gasteiger partial charge in [-0.1, -0.05) is 51.1 Å². The first kappa shape index (κ1) is 42.4. The van der Waals surface area contributed by atoms with E-state index in [1.54, 1.807) is 44.2 Å². The van der Waals surface area contributed by atoms with E-state index in [0.717, 1.165) is 36.6 Å². The van der Waals surface area contributed by atoms with Crippen molar-refractivity contribution in [2.75, 3.05) is 26.7 Å². The molecular weight excluding hydrogens is 719 g/mol. The number of hydrogen-bond donors (Lipinski definition) is 2. The SMILES string of the molecule is CCN(CC)CC.CO[C@@]1(C(=O)OCc2ccccc2)N2C(=O)[C@H](NC(=O)[C@H](c3cc(OC(C)=O)c(OC(C)=O)cc3C)S(=O)(=O)O)[C@H]2SC1(C)C. The molecule has 2 amide bonds. The summed E-state index contributed by atoms with van der Waals surface area (Å²) in [6.45, 7) is 16.9. The number of hydrogen-bond acceptors (Lipinski definition) is 13. The van der Waals surface area contributed by atoms with E-state index in [-0.39, 0.29) is 29.2 Å². The minimum Gasteiger partial charge on any atom is -0.457 e. The van der Waals surface area contributed by atoms with Crippen molar-refractivity contribution in [2.45, 2.75) is 89.1 Å². The number of nitrogens with zero attached hydrogens (tertiary/aromatic N) is 2. The van der Waals surface area contributed by atoms with Crippen LogP contribution in [0.15, 0.2) is 42.5 Å². The highest BCUT2D eigenvalue weighted by atomic mass is 32.2. The fraction of sp³-hybridized carbons (Fsp3) is 0.514. The number of nitrogens with one attached hydrogen (secondary N) is 1. The number of carbonyl (C=O) groups excluding carboxylic acids is 5. The van der Waals surface area contributed by atoms with Crippen LogP contribution in [0, 0.1) is 6.92 Å². The number of thioether (sulfide) groups is 1. The summed E-state index contributed by atoms with van der Waals surface area (Å²) >= 11 is 1.13. The van der Waals surface area contributed by atoms with E-state index < -0.39 is 67.0 Å². The second-order valence-corrected chi connectivity index (χ2v) is 15.7. The fourth-order valence-electron chi connectivity index (χ4n) is 6.08. The average molecular weight is 766 g/mol. The van der Waals surface area contributed by atoms with Gasteiger partial charge in [-0.25, -0.2) is 4.79 Å². The predicted molar refractivity (Wildman–Crippen MR) is 192 cm³/mol. The van der Waals surface area contributed by atoms with Gasteiger partial charge >= 0.3 is 17.9 Å². The number of aryl methyl sites for hydroxylation is 1. The van der Waals surface area contributed by atoms with Gasteiger partial charge in [-0.2, -0.15) is 8.42 Å². The van der Waals surface area contributed by atoms with Gasteiger partial charge in [-0.3, -0.25) is 28.6 Å². The van der Waals surface area contributed by atoms with Crippen LogP contribution in [-0.4, -0.2) is 101 Å². The Labute approximate surface area is 308 Å². The number of benzene rings is 2. The van der Waals surface area contributed by atoms with Crippen LogP contribution >= 0.6 is 11.8 Å². The molecule has 2 aromatic carbocycles. The summed E-state index contributed by atoms with van der Waals surface area (Å²) in [5, 5.41) is -0.762. The van der Waals surface area contributed by atoms with E-state index in [1.165, 1.54) is 39.7 Å². The Morgan fingerprint density at radius 3 is 1.98 bits per heavy atom. The molecule has 2 N–H and O–H groups in total. The highest BCUT2D eigenvalue weighted by molar-refractivity contribution is 8.01. The third kappa shape index (κ3) is 8.94. The van der Waals surface area contributed by atoms with Crippen LogP contribution in [0.4, 0.5) is 0 Å².